The van der Waals surface area contributed by atoms with Crippen LogP contribution in [0.3, 0.4) is 0 Å². The van der Waals surface area contributed by atoms with Gasteiger partial charge in [-0.05, 0) is 11.6 Å². The number of sulfone groups is 1. The monoisotopic (exact) mass is 425 g/mol. The van der Waals surface area contributed by atoms with Gasteiger partial charge in [-0.15, -0.1) is 0 Å². The molecule has 0 aliphatic heterocycles. The number of oxime groups is 1. The molecule has 0 aromatic rings. The maximum absolute atomic E-state index is 11.9. The van der Waals surface area contributed by atoms with Gasteiger partial charge in [-0.2, -0.15) is 0 Å². The van der Waals surface area contributed by atoms with Crippen molar-refractivity contribution >= 4 is 34.1 Å². The van der Waals surface area contributed by atoms with Crippen molar-refractivity contribution in [2.75, 3.05) is 27.0 Å². The molecule has 0 heterocycles. The summed E-state index contributed by atoms with van der Waals surface area (Å²) in [5.74, 6) is 0.0926. The molecule has 0 unspecified atom stereocenters. The van der Waals surface area contributed by atoms with Gasteiger partial charge in [-0.25, -0.2) is 17.5 Å². The third-order valence-corrected chi connectivity index (χ3v) is 4.53. The zero-order chi connectivity index (χ0) is 21.3. The van der Waals surface area contributed by atoms with Crippen LogP contribution in [0.25, 0.3) is 0 Å². The van der Waals surface area contributed by atoms with Crippen LogP contribution in [-0.4, -0.2) is 61.3 Å². The van der Waals surface area contributed by atoms with Gasteiger partial charge >= 0.3 is 12.1 Å². The third kappa shape index (κ3) is 11.0. The van der Waals surface area contributed by atoms with Crippen molar-refractivity contribution in [2.24, 2.45) is 10.6 Å². The fraction of sp³-hybridized carbons (Fsp3) is 0.750. The van der Waals surface area contributed by atoms with Crippen LogP contribution in [0.1, 0.15) is 47.0 Å². The van der Waals surface area contributed by atoms with E-state index in [1.165, 1.54) is 22.7 Å². The number of hydrogen-bond acceptors (Lipinski definition) is 8. The van der Waals surface area contributed by atoms with Gasteiger partial charge in [0.1, 0.15) is 5.76 Å². The van der Waals surface area contributed by atoms with E-state index in [1.54, 1.807) is 20.8 Å². The maximum Gasteiger partial charge on any atom is 0.420 e. The van der Waals surface area contributed by atoms with Crippen LogP contribution in [-0.2, 0) is 19.3 Å². The summed E-state index contributed by atoms with van der Waals surface area (Å²) in [5.41, 5.74) is -0.658. The Morgan fingerprint density at radius 2 is 1.81 bits per heavy atom. The first-order valence-corrected chi connectivity index (χ1v) is 11.1. The molecule has 27 heavy (non-hydrogen) atoms. The van der Waals surface area contributed by atoms with Gasteiger partial charge < -0.3 is 14.7 Å². The molecule has 0 fully saturated rings. The molecule has 0 rings (SSSR count). The van der Waals surface area contributed by atoms with Crippen LogP contribution >= 0.6 is 12.1 Å². The van der Waals surface area contributed by atoms with Gasteiger partial charge in [0, 0.05) is 25.8 Å². The van der Waals surface area contributed by atoms with E-state index < -0.39 is 21.3 Å². The lowest BCUT2D eigenvalue weighted by molar-refractivity contribution is 0.130. The maximum atomic E-state index is 11.9. The number of ether oxygens (including phenoxy) is 2. The summed E-state index contributed by atoms with van der Waals surface area (Å²) in [7, 11) is -0.474. The van der Waals surface area contributed by atoms with E-state index in [1.807, 2.05) is 0 Å². The van der Waals surface area contributed by atoms with Crippen molar-refractivity contribution in [3.8, 4) is 0 Å². The Bertz CT molecular complexity index is 641. The Morgan fingerprint density at radius 3 is 2.26 bits per heavy atom. The molecule has 0 saturated carbocycles. The first-order chi connectivity index (χ1) is 12.3. The summed E-state index contributed by atoms with van der Waals surface area (Å²) in [6, 6.07) is -0.282. The normalized spacial score (nSPS) is 13.3. The van der Waals surface area contributed by atoms with E-state index in [0.29, 0.717) is 6.61 Å². The molecule has 0 atom stereocenters. The van der Waals surface area contributed by atoms with E-state index in [0.717, 1.165) is 43.1 Å². The number of unbranched alkanes of at least 4 members (excludes halogenated alkanes) is 2. The lowest BCUT2D eigenvalue weighted by Gasteiger charge is -2.27. The molecule has 11 heteroatoms. The highest BCUT2D eigenvalue weighted by atomic mass is 32.2. The average Bonchev–Trinajstić information content (AvgIpc) is 2.52. The summed E-state index contributed by atoms with van der Waals surface area (Å²) in [6.07, 6.45) is 3.27. The van der Waals surface area contributed by atoms with E-state index in [4.69, 9.17) is 9.47 Å². The van der Waals surface area contributed by atoms with Crippen LogP contribution in [0.15, 0.2) is 16.3 Å². The number of amides is 1. The van der Waals surface area contributed by atoms with Crippen LogP contribution in [0, 0.1) is 5.41 Å². The lowest BCUT2D eigenvalue weighted by atomic mass is 9.95. The van der Waals surface area contributed by atoms with E-state index >= 15 is 0 Å². The zero-order valence-electron chi connectivity index (χ0n) is 17.1. The number of hydrogen-bond donors (Lipinski definition) is 1. The molecule has 1 amide bonds. The Labute approximate surface area is 166 Å². The number of carbonyl (C=O) groups excluding carboxylic acids is 1. The summed E-state index contributed by atoms with van der Waals surface area (Å²) in [4.78, 5) is 11.9. The summed E-state index contributed by atoms with van der Waals surface area (Å²) in [6.45, 7) is 7.65. The number of rotatable bonds is 8. The second-order valence-corrected chi connectivity index (χ2v) is 10.1. The largest absolute Gasteiger partial charge is 0.449 e. The van der Waals surface area contributed by atoms with Crippen molar-refractivity contribution in [1.29, 1.82) is 0 Å². The molecule has 0 spiro atoms. The van der Waals surface area contributed by atoms with Gasteiger partial charge in [0.25, 0.3) is 0 Å². The van der Waals surface area contributed by atoms with Gasteiger partial charge in [-0.1, -0.05) is 40.5 Å². The van der Waals surface area contributed by atoms with Gasteiger partial charge in [0.05, 0.1) is 24.1 Å². The van der Waals surface area contributed by atoms with Crippen molar-refractivity contribution in [3.05, 3.63) is 11.2 Å². The molecular weight excluding hydrogens is 394 g/mol. The minimum atomic E-state index is -3.47. The topological polar surface area (TPSA) is 109 Å². The minimum Gasteiger partial charge on any atom is -0.449 e. The number of nitrogens with zero attached hydrogens (tertiary/aromatic N) is 3. The summed E-state index contributed by atoms with van der Waals surface area (Å²) < 4.78 is 36.3. The van der Waals surface area contributed by atoms with Crippen LogP contribution < -0.4 is 0 Å². The highest BCUT2D eigenvalue weighted by Gasteiger charge is 2.26. The average molecular weight is 426 g/mol. The Balaban J connectivity index is 5.02. The van der Waals surface area contributed by atoms with E-state index in [2.05, 4.69) is 12.1 Å². The number of carbonyl (C=O) groups is 1. The quantitative estimate of drug-likeness (QED) is 0.120. The minimum absolute atomic E-state index is 0.0926. The molecular formula is C16H31N3O6S2. The van der Waals surface area contributed by atoms with Crippen molar-refractivity contribution < 1.29 is 27.9 Å². The van der Waals surface area contributed by atoms with Gasteiger partial charge in [0.2, 0.25) is 0 Å². The van der Waals surface area contributed by atoms with Crippen LogP contribution in [0.4, 0.5) is 4.79 Å². The SMILES string of the molecule is CCCCCOC(=O)N(C)SN(C)C(=NO)OC(=CS(C)(=O)=O)C(C)(C)C. The Morgan fingerprint density at radius 1 is 1.22 bits per heavy atom. The second kappa shape index (κ2) is 11.3. The first-order valence-electron chi connectivity index (χ1n) is 8.46. The highest BCUT2D eigenvalue weighted by molar-refractivity contribution is 7.95. The lowest BCUT2D eigenvalue weighted by Crippen LogP contribution is -2.32. The third-order valence-electron chi connectivity index (χ3n) is 3.09. The molecule has 0 aromatic heterocycles. The molecule has 0 aromatic carbocycles. The zero-order valence-corrected chi connectivity index (χ0v) is 18.7. The molecule has 0 aliphatic rings. The standard InChI is InChI=1S/C16H31N3O6S2/c1-8-9-10-11-24-15(20)19(6)26-18(5)14(17-21)25-13(16(2,3)4)12-27(7,22)23/h12,21H,8-11H2,1-7H3. The van der Waals surface area contributed by atoms with E-state index in [9.17, 15) is 18.4 Å². The second-order valence-electron chi connectivity index (χ2n) is 6.94. The fourth-order valence-corrected chi connectivity index (χ4v) is 3.07. The molecule has 1 N–H and O–H groups in total. The van der Waals surface area contributed by atoms with Gasteiger partial charge in [0.15, 0.2) is 9.84 Å². The molecule has 0 aliphatic carbocycles. The fourth-order valence-electron chi connectivity index (χ4n) is 1.65. The smallest absolute Gasteiger partial charge is 0.420 e. The molecule has 9 nitrogen and oxygen atoms in total. The van der Waals surface area contributed by atoms with Crippen LogP contribution in [0.5, 0.6) is 0 Å². The van der Waals surface area contributed by atoms with Crippen LogP contribution in [0.2, 0.25) is 0 Å². The molecule has 0 bridgehead atoms. The number of allylic oxidation sites excluding steroid dienone is 1. The van der Waals surface area contributed by atoms with Gasteiger partial charge in [-0.3, -0.25) is 4.31 Å². The predicted molar refractivity (Wildman–Crippen MR) is 107 cm³/mol. The molecule has 0 saturated heterocycles. The van der Waals surface area contributed by atoms with Crippen molar-refractivity contribution in [1.82, 2.24) is 8.61 Å². The van der Waals surface area contributed by atoms with Crippen molar-refractivity contribution in [2.45, 2.75) is 47.0 Å². The Kier molecular flexibility index (Phi) is 10.6. The summed E-state index contributed by atoms with van der Waals surface area (Å²) >= 11 is 0.874. The molecule has 158 valence electrons. The number of amidine groups is 1. The van der Waals surface area contributed by atoms with Crippen molar-refractivity contribution in [3.63, 3.8) is 0 Å². The summed E-state index contributed by atoms with van der Waals surface area (Å²) in [5, 5.41) is 13.3. The first kappa shape index (κ1) is 25.4. The predicted octanol–water partition coefficient (Wildman–Crippen LogP) is 3.43. The van der Waals surface area contributed by atoms with E-state index in [-0.39, 0.29) is 11.8 Å². The Hall–Kier alpha value is -1.62. The highest BCUT2D eigenvalue weighted by Crippen LogP contribution is 2.28. The molecule has 0 radical (unpaired) electrons.